The van der Waals surface area contributed by atoms with Gasteiger partial charge in [-0.15, -0.1) is 0 Å². The molecule has 0 fully saturated rings. The predicted octanol–water partition coefficient (Wildman–Crippen LogP) is -0.442. The third kappa shape index (κ3) is 1.80. The lowest BCUT2D eigenvalue weighted by molar-refractivity contribution is -0.144. The number of carbonyl (C=O) groups is 2. The first-order valence-corrected chi connectivity index (χ1v) is 3.26. The smallest absolute Gasteiger partial charge is 0.325 e. The molecular weight excluding hydrogens is 146 g/mol. The van der Waals surface area contributed by atoms with Gasteiger partial charge in [-0.25, -0.2) is 0 Å². The van der Waals surface area contributed by atoms with Crippen molar-refractivity contribution in [3.8, 4) is 0 Å². The molecule has 0 aromatic rings. The highest BCUT2D eigenvalue weighted by molar-refractivity contribution is 5.92. The summed E-state index contributed by atoms with van der Waals surface area (Å²) in [5.74, 6) is -0.516. The third-order valence-corrected chi connectivity index (χ3v) is 1.45. The molecule has 0 aromatic carbocycles. The van der Waals surface area contributed by atoms with Gasteiger partial charge in [-0.1, -0.05) is 6.08 Å². The highest BCUT2D eigenvalue weighted by Crippen LogP contribution is 2.00. The van der Waals surface area contributed by atoms with Gasteiger partial charge < -0.3 is 9.64 Å². The summed E-state index contributed by atoms with van der Waals surface area (Å²) in [5, 5.41) is 0. The maximum absolute atomic E-state index is 10.9. The number of carbonyl (C=O) groups excluding carboxylic acids is 2. The molecule has 0 bridgehead atoms. The summed E-state index contributed by atoms with van der Waals surface area (Å²) in [6.45, 7) is 0.552. The number of amides is 1. The van der Waals surface area contributed by atoms with E-state index in [0.29, 0.717) is 6.54 Å². The molecule has 0 saturated carbocycles. The number of esters is 1. The Labute approximate surface area is 64.4 Å². The second-order valence-electron chi connectivity index (χ2n) is 2.20. The quantitative estimate of drug-likeness (QED) is 0.508. The number of methoxy groups -OCH3 is 1. The molecule has 0 atom stereocenters. The summed E-state index contributed by atoms with van der Waals surface area (Å²) in [7, 11) is 1.30. The van der Waals surface area contributed by atoms with Gasteiger partial charge in [0.1, 0.15) is 6.54 Å². The molecule has 0 radical (unpaired) electrons. The third-order valence-electron chi connectivity index (χ3n) is 1.45. The zero-order valence-corrected chi connectivity index (χ0v) is 6.24. The molecule has 4 nitrogen and oxygen atoms in total. The molecule has 1 rings (SSSR count). The largest absolute Gasteiger partial charge is 0.468 e. The summed E-state index contributed by atoms with van der Waals surface area (Å²) >= 11 is 0. The van der Waals surface area contributed by atoms with E-state index < -0.39 is 0 Å². The van der Waals surface area contributed by atoms with Crippen LogP contribution in [0, 0.1) is 0 Å². The summed E-state index contributed by atoms with van der Waals surface area (Å²) in [4.78, 5) is 22.9. The van der Waals surface area contributed by atoms with Crippen molar-refractivity contribution in [3.63, 3.8) is 0 Å². The number of hydrogen-bond donors (Lipinski definition) is 0. The molecular formula is C7H9NO3. The van der Waals surface area contributed by atoms with Crippen molar-refractivity contribution >= 4 is 11.9 Å². The molecule has 1 aliphatic rings. The fraction of sp³-hybridized carbons (Fsp3) is 0.429. The van der Waals surface area contributed by atoms with Crippen molar-refractivity contribution in [3.05, 3.63) is 12.2 Å². The van der Waals surface area contributed by atoms with Crippen molar-refractivity contribution in [1.82, 2.24) is 4.90 Å². The van der Waals surface area contributed by atoms with Gasteiger partial charge in [0.25, 0.3) is 0 Å². The van der Waals surface area contributed by atoms with E-state index in [2.05, 4.69) is 4.74 Å². The lowest BCUT2D eigenvalue weighted by Crippen LogP contribution is -2.31. The van der Waals surface area contributed by atoms with Gasteiger partial charge in [0, 0.05) is 12.6 Å². The van der Waals surface area contributed by atoms with E-state index >= 15 is 0 Å². The lowest BCUT2D eigenvalue weighted by atomic mass is 10.5. The van der Waals surface area contributed by atoms with Crippen molar-refractivity contribution in [2.24, 2.45) is 0 Å². The zero-order chi connectivity index (χ0) is 8.27. The SMILES string of the molecule is COC(=O)CN1CC=CC1=O. The van der Waals surface area contributed by atoms with Crippen LogP contribution in [0.25, 0.3) is 0 Å². The van der Waals surface area contributed by atoms with Crippen LogP contribution in [0.5, 0.6) is 0 Å². The van der Waals surface area contributed by atoms with Crippen LogP contribution < -0.4 is 0 Å². The number of rotatable bonds is 2. The van der Waals surface area contributed by atoms with Crippen LogP contribution in [0.4, 0.5) is 0 Å². The van der Waals surface area contributed by atoms with Crippen molar-refractivity contribution < 1.29 is 14.3 Å². The number of nitrogens with zero attached hydrogens (tertiary/aromatic N) is 1. The first-order chi connectivity index (χ1) is 5.24. The highest BCUT2D eigenvalue weighted by Gasteiger charge is 2.17. The average Bonchev–Trinajstić information content (AvgIpc) is 2.37. The van der Waals surface area contributed by atoms with Crippen LogP contribution in [0.1, 0.15) is 0 Å². The first kappa shape index (κ1) is 7.78. The standard InChI is InChI=1S/C7H9NO3/c1-11-7(10)5-8-4-2-3-6(8)9/h2-3H,4-5H2,1H3. The second kappa shape index (κ2) is 3.18. The molecule has 0 spiro atoms. The average molecular weight is 155 g/mol. The molecule has 1 aliphatic heterocycles. The molecule has 60 valence electrons. The van der Waals surface area contributed by atoms with E-state index in [-0.39, 0.29) is 18.4 Å². The van der Waals surface area contributed by atoms with Crippen LogP contribution >= 0.6 is 0 Å². The Hall–Kier alpha value is -1.32. The second-order valence-corrected chi connectivity index (χ2v) is 2.20. The molecule has 1 heterocycles. The molecule has 4 heteroatoms. The Morgan fingerprint density at radius 3 is 3.00 bits per heavy atom. The monoisotopic (exact) mass is 155 g/mol. The molecule has 0 aromatic heterocycles. The normalized spacial score (nSPS) is 15.7. The fourth-order valence-electron chi connectivity index (χ4n) is 0.839. The summed E-state index contributed by atoms with van der Waals surface area (Å²) in [5.41, 5.74) is 0. The van der Waals surface area contributed by atoms with Crippen molar-refractivity contribution in [2.75, 3.05) is 20.2 Å². The summed E-state index contributed by atoms with van der Waals surface area (Å²) < 4.78 is 4.40. The van der Waals surface area contributed by atoms with Crippen molar-refractivity contribution in [2.45, 2.75) is 0 Å². The molecule has 0 saturated heterocycles. The van der Waals surface area contributed by atoms with E-state index in [9.17, 15) is 9.59 Å². The Bertz CT molecular complexity index is 210. The zero-order valence-electron chi connectivity index (χ0n) is 6.24. The molecule has 0 aliphatic carbocycles. The predicted molar refractivity (Wildman–Crippen MR) is 37.7 cm³/mol. The van der Waals surface area contributed by atoms with Gasteiger partial charge in [-0.3, -0.25) is 9.59 Å². The molecule has 0 N–H and O–H groups in total. The van der Waals surface area contributed by atoms with E-state index in [0.717, 1.165) is 0 Å². The van der Waals surface area contributed by atoms with Gasteiger partial charge in [-0.05, 0) is 0 Å². The van der Waals surface area contributed by atoms with E-state index in [1.165, 1.54) is 18.1 Å². The number of ether oxygens (including phenoxy) is 1. The van der Waals surface area contributed by atoms with Gasteiger partial charge in [0.05, 0.1) is 7.11 Å². The van der Waals surface area contributed by atoms with Gasteiger partial charge in [0.2, 0.25) is 5.91 Å². The first-order valence-electron chi connectivity index (χ1n) is 3.26. The topological polar surface area (TPSA) is 46.6 Å². The molecule has 11 heavy (non-hydrogen) atoms. The minimum Gasteiger partial charge on any atom is -0.468 e. The maximum atomic E-state index is 10.9. The van der Waals surface area contributed by atoms with E-state index in [1.54, 1.807) is 6.08 Å². The fourth-order valence-corrected chi connectivity index (χ4v) is 0.839. The minimum absolute atomic E-state index is 0.0440. The Kier molecular flexibility index (Phi) is 2.25. The Balaban J connectivity index is 2.39. The highest BCUT2D eigenvalue weighted by atomic mass is 16.5. The summed E-state index contributed by atoms with van der Waals surface area (Å²) in [6.07, 6.45) is 3.16. The lowest BCUT2D eigenvalue weighted by Gasteiger charge is -2.12. The van der Waals surface area contributed by atoms with Crippen LogP contribution in [-0.4, -0.2) is 37.0 Å². The van der Waals surface area contributed by atoms with Crippen LogP contribution in [0.3, 0.4) is 0 Å². The Morgan fingerprint density at radius 2 is 2.55 bits per heavy atom. The van der Waals surface area contributed by atoms with E-state index in [1.807, 2.05) is 0 Å². The molecule has 1 amide bonds. The van der Waals surface area contributed by atoms with Gasteiger partial charge in [0.15, 0.2) is 0 Å². The van der Waals surface area contributed by atoms with Crippen LogP contribution in [0.15, 0.2) is 12.2 Å². The Morgan fingerprint density at radius 1 is 1.82 bits per heavy atom. The maximum Gasteiger partial charge on any atom is 0.325 e. The van der Waals surface area contributed by atoms with E-state index in [4.69, 9.17) is 0 Å². The van der Waals surface area contributed by atoms with Gasteiger partial charge >= 0.3 is 5.97 Å². The van der Waals surface area contributed by atoms with Gasteiger partial charge in [-0.2, -0.15) is 0 Å². The van der Waals surface area contributed by atoms with Crippen molar-refractivity contribution in [1.29, 1.82) is 0 Å². The number of hydrogen-bond acceptors (Lipinski definition) is 3. The van der Waals surface area contributed by atoms with Crippen LogP contribution in [-0.2, 0) is 14.3 Å². The summed E-state index contributed by atoms with van der Waals surface area (Å²) in [6, 6.07) is 0. The van der Waals surface area contributed by atoms with Crippen LogP contribution in [0.2, 0.25) is 0 Å². The minimum atomic E-state index is -0.387. The molecule has 0 unspecified atom stereocenters.